The molecule has 124 valence electrons. The van der Waals surface area contributed by atoms with Crippen LogP contribution in [0.15, 0.2) is 4.52 Å². The van der Waals surface area contributed by atoms with E-state index in [1.807, 2.05) is 20.8 Å². The molecule has 0 bridgehead atoms. The van der Waals surface area contributed by atoms with Gasteiger partial charge in [-0.25, -0.2) is 0 Å². The Labute approximate surface area is 135 Å². The summed E-state index contributed by atoms with van der Waals surface area (Å²) >= 11 is 0. The van der Waals surface area contributed by atoms with Gasteiger partial charge in [0.05, 0.1) is 5.92 Å². The van der Waals surface area contributed by atoms with Gasteiger partial charge in [-0.3, -0.25) is 9.59 Å². The quantitative estimate of drug-likeness (QED) is 0.901. The average molecular weight is 332 g/mol. The van der Waals surface area contributed by atoms with Gasteiger partial charge < -0.3 is 14.5 Å². The highest BCUT2D eigenvalue weighted by atomic mass is 35.5. The molecule has 1 unspecified atom stereocenters. The molecule has 8 heteroatoms. The predicted molar refractivity (Wildman–Crippen MR) is 80.9 cm³/mol. The molecular weight excluding hydrogens is 310 g/mol. The number of carbonyl (C=O) groups excluding carboxylic acids is 1. The first kappa shape index (κ1) is 18.4. The summed E-state index contributed by atoms with van der Waals surface area (Å²) in [5.41, 5.74) is -0.185. The molecule has 0 radical (unpaired) electrons. The second-order valence-electron chi connectivity index (χ2n) is 6.43. The fourth-order valence-corrected chi connectivity index (χ4v) is 2.22. The summed E-state index contributed by atoms with van der Waals surface area (Å²) in [6, 6.07) is 0. The van der Waals surface area contributed by atoms with Crippen molar-refractivity contribution in [3.05, 3.63) is 11.7 Å². The van der Waals surface area contributed by atoms with Gasteiger partial charge in [-0.2, -0.15) is 4.98 Å². The summed E-state index contributed by atoms with van der Waals surface area (Å²) in [7, 11) is 0. The maximum Gasteiger partial charge on any atom is 0.308 e. The van der Waals surface area contributed by atoms with Crippen LogP contribution in [0.2, 0.25) is 0 Å². The van der Waals surface area contributed by atoms with E-state index in [0.29, 0.717) is 37.6 Å². The standard InChI is InChI=1S/C14H21N3O4.ClH/c1-14(2,3)13-15-10(21-16-13)4-5-11(18)17-7-6-9(8-17)12(19)20;/h9H,4-8H2,1-3H3,(H,19,20);1H. The van der Waals surface area contributed by atoms with E-state index in [2.05, 4.69) is 10.1 Å². The zero-order valence-electron chi connectivity index (χ0n) is 13.0. The van der Waals surface area contributed by atoms with E-state index in [9.17, 15) is 9.59 Å². The number of aliphatic carboxylic acids is 1. The van der Waals surface area contributed by atoms with E-state index in [1.165, 1.54) is 0 Å². The minimum Gasteiger partial charge on any atom is -0.481 e. The predicted octanol–water partition coefficient (Wildman–Crippen LogP) is 1.65. The van der Waals surface area contributed by atoms with E-state index in [0.717, 1.165) is 0 Å². The number of hydrogen-bond donors (Lipinski definition) is 1. The third-order valence-electron chi connectivity index (χ3n) is 3.58. The molecule has 0 saturated carbocycles. The Morgan fingerprint density at radius 2 is 2.09 bits per heavy atom. The van der Waals surface area contributed by atoms with Crippen LogP contribution in [0.3, 0.4) is 0 Å². The van der Waals surface area contributed by atoms with Crippen molar-refractivity contribution in [2.45, 2.75) is 45.4 Å². The number of aromatic nitrogens is 2. The lowest BCUT2D eigenvalue weighted by Crippen LogP contribution is -2.30. The van der Waals surface area contributed by atoms with Crippen molar-refractivity contribution < 1.29 is 19.2 Å². The number of nitrogens with zero attached hydrogens (tertiary/aromatic N) is 3. The Kier molecular flexibility index (Phi) is 5.93. The van der Waals surface area contributed by atoms with Gasteiger partial charge >= 0.3 is 5.97 Å². The number of hydrogen-bond acceptors (Lipinski definition) is 5. The number of aryl methyl sites for hydroxylation is 1. The van der Waals surface area contributed by atoms with Gasteiger partial charge in [0.25, 0.3) is 0 Å². The highest BCUT2D eigenvalue weighted by molar-refractivity contribution is 5.85. The molecule has 0 aliphatic carbocycles. The van der Waals surface area contributed by atoms with Crippen molar-refractivity contribution >= 4 is 24.3 Å². The summed E-state index contributed by atoms with van der Waals surface area (Å²) in [6.45, 7) is 6.77. The molecule has 1 N–H and O–H groups in total. The summed E-state index contributed by atoms with van der Waals surface area (Å²) in [4.78, 5) is 28.8. The van der Waals surface area contributed by atoms with Crippen molar-refractivity contribution in [1.29, 1.82) is 0 Å². The van der Waals surface area contributed by atoms with Crippen LogP contribution in [0.25, 0.3) is 0 Å². The van der Waals surface area contributed by atoms with Crippen LogP contribution in [-0.2, 0) is 21.4 Å². The third kappa shape index (κ3) is 4.43. The maximum atomic E-state index is 12.0. The number of amides is 1. The lowest BCUT2D eigenvalue weighted by molar-refractivity contribution is -0.141. The Morgan fingerprint density at radius 3 is 2.59 bits per heavy atom. The number of halogens is 1. The maximum absolute atomic E-state index is 12.0. The van der Waals surface area contributed by atoms with Gasteiger partial charge in [0.15, 0.2) is 5.82 Å². The van der Waals surface area contributed by atoms with Crippen LogP contribution >= 0.6 is 12.4 Å². The highest BCUT2D eigenvalue weighted by Crippen LogP contribution is 2.20. The molecular formula is C14H22ClN3O4. The zero-order valence-corrected chi connectivity index (χ0v) is 13.9. The lowest BCUT2D eigenvalue weighted by atomic mass is 9.96. The minimum atomic E-state index is -0.836. The summed E-state index contributed by atoms with van der Waals surface area (Å²) in [5.74, 6) is -0.268. The van der Waals surface area contributed by atoms with Gasteiger partial charge in [-0.15, -0.1) is 12.4 Å². The van der Waals surface area contributed by atoms with Crippen molar-refractivity contribution in [1.82, 2.24) is 15.0 Å². The minimum absolute atomic E-state index is 0. The molecule has 1 aromatic rings. The van der Waals surface area contributed by atoms with E-state index in [-0.39, 0.29) is 30.2 Å². The first-order valence-electron chi connectivity index (χ1n) is 7.11. The topological polar surface area (TPSA) is 96.5 Å². The van der Waals surface area contributed by atoms with Crippen molar-refractivity contribution in [2.24, 2.45) is 5.92 Å². The Morgan fingerprint density at radius 1 is 1.41 bits per heavy atom. The Bertz CT molecular complexity index is 538. The van der Waals surface area contributed by atoms with Crippen molar-refractivity contribution in [3.63, 3.8) is 0 Å². The van der Waals surface area contributed by atoms with E-state index < -0.39 is 11.9 Å². The second kappa shape index (κ2) is 7.09. The van der Waals surface area contributed by atoms with E-state index in [4.69, 9.17) is 9.63 Å². The molecule has 0 aromatic carbocycles. The number of carboxylic acids is 1. The van der Waals surface area contributed by atoms with Crippen molar-refractivity contribution in [3.8, 4) is 0 Å². The van der Waals surface area contributed by atoms with Crippen LogP contribution in [0.1, 0.15) is 45.3 Å². The Balaban J connectivity index is 0.00000242. The molecule has 1 saturated heterocycles. The molecule has 7 nitrogen and oxygen atoms in total. The number of rotatable bonds is 4. The molecule has 2 rings (SSSR count). The molecule has 1 aliphatic heterocycles. The summed E-state index contributed by atoms with van der Waals surface area (Å²) in [5, 5.41) is 12.8. The molecule has 1 amide bonds. The average Bonchev–Trinajstić information content (AvgIpc) is 3.04. The Hall–Kier alpha value is -1.63. The fraction of sp³-hybridized carbons (Fsp3) is 0.714. The summed E-state index contributed by atoms with van der Waals surface area (Å²) < 4.78 is 5.14. The first-order chi connectivity index (χ1) is 9.77. The molecule has 22 heavy (non-hydrogen) atoms. The van der Waals surface area contributed by atoms with Crippen molar-refractivity contribution in [2.75, 3.05) is 13.1 Å². The fourth-order valence-electron chi connectivity index (χ4n) is 2.22. The molecule has 1 aromatic heterocycles. The summed E-state index contributed by atoms with van der Waals surface area (Å²) in [6.07, 6.45) is 1.17. The molecule has 2 heterocycles. The van der Waals surface area contributed by atoms with Gasteiger partial charge in [0.1, 0.15) is 0 Å². The third-order valence-corrected chi connectivity index (χ3v) is 3.58. The smallest absolute Gasteiger partial charge is 0.308 e. The van der Waals surface area contributed by atoms with Gasteiger partial charge in [-0.1, -0.05) is 25.9 Å². The zero-order chi connectivity index (χ0) is 15.6. The van der Waals surface area contributed by atoms with Gasteiger partial charge in [0.2, 0.25) is 11.8 Å². The number of likely N-dealkylation sites (tertiary alicyclic amines) is 1. The van der Waals surface area contributed by atoms with Crippen LogP contribution < -0.4 is 0 Å². The van der Waals surface area contributed by atoms with E-state index in [1.54, 1.807) is 4.90 Å². The van der Waals surface area contributed by atoms with Crippen LogP contribution in [0.5, 0.6) is 0 Å². The van der Waals surface area contributed by atoms with Gasteiger partial charge in [0, 0.05) is 31.3 Å². The van der Waals surface area contributed by atoms with Gasteiger partial charge in [-0.05, 0) is 6.42 Å². The molecule has 1 fully saturated rings. The number of carbonyl (C=O) groups is 2. The van der Waals surface area contributed by atoms with Crippen LogP contribution in [0, 0.1) is 5.92 Å². The monoisotopic (exact) mass is 331 g/mol. The molecule has 0 spiro atoms. The SMILES string of the molecule is CC(C)(C)c1noc(CCC(=O)N2CCC(C(=O)O)C2)n1.Cl. The molecule has 1 aliphatic rings. The van der Waals surface area contributed by atoms with E-state index >= 15 is 0 Å². The molecule has 1 atom stereocenters. The number of carboxylic acid groups (broad SMARTS) is 1. The first-order valence-corrected chi connectivity index (χ1v) is 7.11. The van der Waals surface area contributed by atoms with Crippen LogP contribution in [0.4, 0.5) is 0 Å². The lowest BCUT2D eigenvalue weighted by Gasteiger charge is -2.14. The van der Waals surface area contributed by atoms with Crippen LogP contribution in [-0.4, -0.2) is 45.1 Å². The largest absolute Gasteiger partial charge is 0.481 e. The highest BCUT2D eigenvalue weighted by Gasteiger charge is 2.30. The normalized spacial score (nSPS) is 18.1. The second-order valence-corrected chi connectivity index (χ2v) is 6.43.